The average Bonchev–Trinajstić information content (AvgIpc) is 2.90. The molecule has 1 amide bonds. The zero-order valence-electron chi connectivity index (χ0n) is 10.0. The lowest BCUT2D eigenvalue weighted by atomic mass is 10.2. The number of nitrogens with zero attached hydrogens (tertiary/aromatic N) is 1. The van der Waals surface area contributed by atoms with Crippen LogP contribution in [0.1, 0.15) is 12.2 Å². The van der Waals surface area contributed by atoms with Gasteiger partial charge in [0, 0.05) is 30.7 Å². The first-order chi connectivity index (χ1) is 9.15. The highest BCUT2D eigenvalue weighted by molar-refractivity contribution is 5.90. The Hall–Kier alpha value is -2.63. The van der Waals surface area contributed by atoms with Crippen molar-refractivity contribution in [2.24, 2.45) is 0 Å². The van der Waals surface area contributed by atoms with Crippen molar-refractivity contribution < 1.29 is 14.1 Å². The normalized spacial score (nSPS) is 10.1. The van der Waals surface area contributed by atoms with Crippen LogP contribution in [0, 0.1) is 10.1 Å². The van der Waals surface area contributed by atoms with Gasteiger partial charge in [0.05, 0.1) is 11.2 Å². The first-order valence-corrected chi connectivity index (χ1v) is 5.72. The van der Waals surface area contributed by atoms with E-state index in [2.05, 4.69) is 5.32 Å². The number of amides is 1. The molecule has 1 aromatic heterocycles. The highest BCUT2D eigenvalue weighted by Crippen LogP contribution is 2.15. The fourth-order valence-corrected chi connectivity index (χ4v) is 1.58. The van der Waals surface area contributed by atoms with Crippen LogP contribution in [-0.4, -0.2) is 10.8 Å². The van der Waals surface area contributed by atoms with Gasteiger partial charge in [-0.1, -0.05) is 0 Å². The van der Waals surface area contributed by atoms with Crippen LogP contribution in [0.3, 0.4) is 0 Å². The van der Waals surface area contributed by atoms with E-state index in [1.165, 1.54) is 24.3 Å². The molecule has 2 rings (SSSR count). The molecule has 0 saturated carbocycles. The van der Waals surface area contributed by atoms with Crippen molar-refractivity contribution in [1.82, 2.24) is 0 Å². The van der Waals surface area contributed by atoms with Crippen LogP contribution >= 0.6 is 0 Å². The molecular weight excluding hydrogens is 248 g/mol. The van der Waals surface area contributed by atoms with Crippen LogP contribution in [0.2, 0.25) is 0 Å². The predicted octanol–water partition coefficient (Wildman–Crippen LogP) is 2.76. The van der Waals surface area contributed by atoms with Gasteiger partial charge in [-0.15, -0.1) is 0 Å². The van der Waals surface area contributed by atoms with Gasteiger partial charge in [0.25, 0.3) is 5.69 Å². The second-order valence-electron chi connectivity index (χ2n) is 3.93. The topological polar surface area (TPSA) is 85.4 Å². The van der Waals surface area contributed by atoms with Gasteiger partial charge >= 0.3 is 0 Å². The molecule has 1 heterocycles. The molecule has 0 saturated heterocycles. The highest BCUT2D eigenvalue weighted by atomic mass is 16.6. The molecule has 0 aliphatic rings. The number of nitro groups is 1. The number of nitro benzene ring substituents is 1. The van der Waals surface area contributed by atoms with Crippen LogP contribution in [0.15, 0.2) is 47.1 Å². The number of benzene rings is 1. The number of nitrogens with one attached hydrogen (secondary N) is 1. The number of carbonyl (C=O) groups excluding carboxylic acids is 1. The fourth-order valence-electron chi connectivity index (χ4n) is 1.58. The smallest absolute Gasteiger partial charge is 0.269 e. The molecular formula is C13H12N2O4. The molecule has 1 N–H and O–H groups in total. The van der Waals surface area contributed by atoms with E-state index in [1.807, 2.05) is 0 Å². The molecule has 0 radical (unpaired) electrons. The molecule has 0 aliphatic heterocycles. The summed E-state index contributed by atoms with van der Waals surface area (Å²) < 4.78 is 5.12. The average molecular weight is 260 g/mol. The molecule has 0 atom stereocenters. The number of furan rings is 1. The largest absolute Gasteiger partial charge is 0.469 e. The van der Waals surface area contributed by atoms with Crippen molar-refractivity contribution in [3.8, 4) is 0 Å². The molecule has 19 heavy (non-hydrogen) atoms. The molecule has 0 spiro atoms. The van der Waals surface area contributed by atoms with Gasteiger partial charge in [-0.25, -0.2) is 0 Å². The minimum absolute atomic E-state index is 0.00594. The lowest BCUT2D eigenvalue weighted by Crippen LogP contribution is -2.12. The summed E-state index contributed by atoms with van der Waals surface area (Å²) in [5, 5.41) is 13.1. The van der Waals surface area contributed by atoms with E-state index < -0.39 is 4.92 Å². The summed E-state index contributed by atoms with van der Waals surface area (Å²) in [6.07, 6.45) is 2.37. The SMILES string of the molecule is O=C(CCc1ccco1)Nc1ccc([N+](=O)[O-])cc1. The Bertz CT molecular complexity index is 561. The van der Waals surface area contributed by atoms with E-state index in [0.29, 0.717) is 18.5 Å². The Morgan fingerprint density at radius 1 is 1.26 bits per heavy atom. The zero-order valence-corrected chi connectivity index (χ0v) is 10.0. The van der Waals surface area contributed by atoms with Crippen LogP contribution in [0.4, 0.5) is 11.4 Å². The molecule has 0 fully saturated rings. The number of anilines is 1. The van der Waals surface area contributed by atoms with Gasteiger partial charge in [0.2, 0.25) is 5.91 Å². The Balaban J connectivity index is 1.86. The molecule has 0 bridgehead atoms. The summed E-state index contributed by atoms with van der Waals surface area (Å²) in [6.45, 7) is 0. The molecule has 98 valence electrons. The Kier molecular flexibility index (Phi) is 3.92. The third-order valence-electron chi connectivity index (χ3n) is 2.54. The van der Waals surface area contributed by atoms with Crippen molar-refractivity contribution in [3.05, 3.63) is 58.5 Å². The van der Waals surface area contributed by atoms with Crippen molar-refractivity contribution in [1.29, 1.82) is 0 Å². The number of non-ortho nitro benzene ring substituents is 1. The maximum Gasteiger partial charge on any atom is 0.269 e. The molecule has 2 aromatic rings. The van der Waals surface area contributed by atoms with Crippen molar-refractivity contribution >= 4 is 17.3 Å². The summed E-state index contributed by atoms with van der Waals surface area (Å²) in [7, 11) is 0. The quantitative estimate of drug-likeness (QED) is 0.661. The maximum atomic E-state index is 11.6. The lowest BCUT2D eigenvalue weighted by molar-refractivity contribution is -0.384. The minimum atomic E-state index is -0.484. The summed E-state index contributed by atoms with van der Waals surface area (Å²) in [4.78, 5) is 21.6. The Labute approximate surface area is 109 Å². The van der Waals surface area contributed by atoms with Gasteiger partial charge in [0.15, 0.2) is 0 Å². The van der Waals surface area contributed by atoms with Crippen molar-refractivity contribution in [2.75, 3.05) is 5.32 Å². The maximum absolute atomic E-state index is 11.6. The summed E-state index contributed by atoms with van der Waals surface area (Å²) >= 11 is 0. The third-order valence-corrected chi connectivity index (χ3v) is 2.54. The second kappa shape index (κ2) is 5.81. The standard InChI is InChI=1S/C13H12N2O4/c16-13(8-7-12-2-1-9-19-12)14-10-3-5-11(6-4-10)15(17)18/h1-6,9H,7-8H2,(H,14,16). The van der Waals surface area contributed by atoms with Crippen molar-refractivity contribution in [2.45, 2.75) is 12.8 Å². The van der Waals surface area contributed by atoms with E-state index in [0.717, 1.165) is 5.76 Å². The van der Waals surface area contributed by atoms with Crippen LogP contribution < -0.4 is 5.32 Å². The van der Waals surface area contributed by atoms with E-state index in [-0.39, 0.29) is 11.6 Å². The van der Waals surface area contributed by atoms with Crippen molar-refractivity contribution in [3.63, 3.8) is 0 Å². The van der Waals surface area contributed by atoms with E-state index >= 15 is 0 Å². The molecule has 0 aliphatic carbocycles. The number of carbonyl (C=O) groups is 1. The first-order valence-electron chi connectivity index (χ1n) is 5.72. The van der Waals surface area contributed by atoms with E-state index in [1.54, 1.807) is 18.4 Å². The summed E-state index contributed by atoms with van der Waals surface area (Å²) in [5.74, 6) is 0.587. The van der Waals surface area contributed by atoms with Gasteiger partial charge in [-0.3, -0.25) is 14.9 Å². The fraction of sp³-hybridized carbons (Fsp3) is 0.154. The predicted molar refractivity (Wildman–Crippen MR) is 68.8 cm³/mol. The summed E-state index contributed by atoms with van der Waals surface area (Å²) in [5.41, 5.74) is 0.531. The molecule has 0 unspecified atom stereocenters. The van der Waals surface area contributed by atoms with Gasteiger partial charge < -0.3 is 9.73 Å². The van der Waals surface area contributed by atoms with Gasteiger partial charge in [0.1, 0.15) is 5.76 Å². The Morgan fingerprint density at radius 3 is 2.58 bits per heavy atom. The molecule has 6 nitrogen and oxygen atoms in total. The van der Waals surface area contributed by atoms with Crippen LogP contribution in [-0.2, 0) is 11.2 Å². The first kappa shape index (κ1) is 12.8. The monoisotopic (exact) mass is 260 g/mol. The molecule has 6 heteroatoms. The number of hydrogen-bond acceptors (Lipinski definition) is 4. The van der Waals surface area contributed by atoms with Gasteiger partial charge in [-0.05, 0) is 24.3 Å². The van der Waals surface area contributed by atoms with E-state index in [4.69, 9.17) is 4.42 Å². The lowest BCUT2D eigenvalue weighted by Gasteiger charge is -2.03. The minimum Gasteiger partial charge on any atom is -0.469 e. The summed E-state index contributed by atoms with van der Waals surface area (Å²) in [6, 6.07) is 9.28. The number of aryl methyl sites for hydroxylation is 1. The van der Waals surface area contributed by atoms with Gasteiger partial charge in [-0.2, -0.15) is 0 Å². The van der Waals surface area contributed by atoms with Crippen LogP contribution in [0.25, 0.3) is 0 Å². The highest BCUT2D eigenvalue weighted by Gasteiger charge is 2.07. The molecule has 1 aromatic carbocycles. The third kappa shape index (κ3) is 3.67. The Morgan fingerprint density at radius 2 is 2.00 bits per heavy atom. The van der Waals surface area contributed by atoms with E-state index in [9.17, 15) is 14.9 Å². The zero-order chi connectivity index (χ0) is 13.7. The number of hydrogen-bond donors (Lipinski definition) is 1. The second-order valence-corrected chi connectivity index (χ2v) is 3.93. The number of rotatable bonds is 5. The van der Waals surface area contributed by atoms with Crippen LogP contribution in [0.5, 0.6) is 0 Å².